The van der Waals surface area contributed by atoms with Crippen LogP contribution in [0.3, 0.4) is 0 Å². The van der Waals surface area contributed by atoms with Gasteiger partial charge in [0.05, 0.1) is 5.69 Å². The Morgan fingerprint density at radius 1 is 1.27 bits per heavy atom. The second-order valence-corrected chi connectivity index (χ2v) is 5.52. The summed E-state index contributed by atoms with van der Waals surface area (Å²) in [4.78, 5) is 23.5. The maximum atomic E-state index is 11.9. The van der Waals surface area contributed by atoms with Crippen molar-refractivity contribution in [1.82, 2.24) is 10.6 Å². The summed E-state index contributed by atoms with van der Waals surface area (Å²) in [6.45, 7) is -0.0993. The van der Waals surface area contributed by atoms with E-state index in [1.807, 2.05) is 0 Å². The Labute approximate surface area is 130 Å². The first-order chi connectivity index (χ1) is 10.6. The molecule has 0 atom stereocenters. The maximum Gasteiger partial charge on any atom is 0.258 e. The molecule has 1 aromatic rings. The van der Waals surface area contributed by atoms with Gasteiger partial charge in [0.1, 0.15) is 5.75 Å². The van der Waals surface area contributed by atoms with Crippen LogP contribution < -0.4 is 21.1 Å². The van der Waals surface area contributed by atoms with E-state index < -0.39 is 0 Å². The molecule has 1 saturated carbocycles. The van der Waals surface area contributed by atoms with Gasteiger partial charge in [0.2, 0.25) is 0 Å². The lowest BCUT2D eigenvalue weighted by atomic mass is 9.95. The van der Waals surface area contributed by atoms with E-state index in [2.05, 4.69) is 10.6 Å². The molecule has 0 aromatic heterocycles. The minimum Gasteiger partial charge on any atom is -0.482 e. The molecule has 0 heterocycles. The van der Waals surface area contributed by atoms with Crippen molar-refractivity contribution in [2.45, 2.75) is 38.1 Å². The molecule has 6 heteroatoms. The number of nitrogens with two attached hydrogens (primary N) is 1. The van der Waals surface area contributed by atoms with E-state index in [4.69, 9.17) is 10.5 Å². The fraction of sp³-hybridized carbons (Fsp3) is 0.500. The van der Waals surface area contributed by atoms with Crippen molar-refractivity contribution in [1.29, 1.82) is 0 Å². The Morgan fingerprint density at radius 2 is 2.00 bits per heavy atom. The average molecular weight is 305 g/mol. The maximum absolute atomic E-state index is 11.9. The fourth-order valence-corrected chi connectivity index (χ4v) is 2.60. The summed E-state index contributed by atoms with van der Waals surface area (Å²) in [5.41, 5.74) is 6.66. The third kappa shape index (κ3) is 4.38. The van der Waals surface area contributed by atoms with E-state index in [0.717, 1.165) is 25.7 Å². The van der Waals surface area contributed by atoms with Crippen LogP contribution in [0.15, 0.2) is 18.2 Å². The largest absolute Gasteiger partial charge is 0.482 e. The monoisotopic (exact) mass is 305 g/mol. The summed E-state index contributed by atoms with van der Waals surface area (Å²) < 4.78 is 5.46. The number of nitrogens with one attached hydrogen (secondary N) is 2. The lowest BCUT2D eigenvalue weighted by Crippen LogP contribution is -2.39. The molecule has 1 aromatic carbocycles. The van der Waals surface area contributed by atoms with Crippen LogP contribution in [0.5, 0.6) is 5.75 Å². The third-order valence-corrected chi connectivity index (χ3v) is 3.83. The van der Waals surface area contributed by atoms with Crippen LogP contribution in [0.2, 0.25) is 0 Å². The normalized spacial score (nSPS) is 15.1. The van der Waals surface area contributed by atoms with E-state index in [1.54, 1.807) is 25.2 Å². The molecule has 0 saturated heterocycles. The number of nitrogen functional groups attached to an aromatic ring is 1. The van der Waals surface area contributed by atoms with Crippen LogP contribution in [0.25, 0.3) is 0 Å². The Kier molecular flexibility index (Phi) is 5.63. The lowest BCUT2D eigenvalue weighted by Gasteiger charge is -2.22. The minimum absolute atomic E-state index is 0.0993. The van der Waals surface area contributed by atoms with Crippen molar-refractivity contribution < 1.29 is 14.3 Å². The average Bonchev–Trinajstić information content (AvgIpc) is 2.54. The molecule has 1 aliphatic carbocycles. The molecule has 6 nitrogen and oxygen atoms in total. The standard InChI is InChI=1S/C16H23N3O3/c1-18-16(21)11-7-8-13(17)14(9-11)22-10-15(20)19-12-5-3-2-4-6-12/h7-9,12H,2-6,10,17H2,1H3,(H,18,21)(H,19,20). The summed E-state index contributed by atoms with van der Waals surface area (Å²) in [5, 5.41) is 5.51. The molecule has 2 amide bonds. The molecular weight excluding hydrogens is 282 g/mol. The molecule has 0 unspecified atom stereocenters. The molecule has 4 N–H and O–H groups in total. The van der Waals surface area contributed by atoms with Crippen molar-refractivity contribution in [3.8, 4) is 5.75 Å². The number of hydrogen-bond donors (Lipinski definition) is 3. The van der Waals surface area contributed by atoms with Crippen LogP contribution in [-0.4, -0.2) is 31.5 Å². The Balaban J connectivity index is 1.89. The number of amides is 2. The molecule has 1 aliphatic rings. The highest BCUT2D eigenvalue weighted by Gasteiger charge is 2.16. The predicted octanol–water partition coefficient (Wildman–Crippen LogP) is 1.46. The SMILES string of the molecule is CNC(=O)c1ccc(N)c(OCC(=O)NC2CCCCC2)c1. The highest BCUT2D eigenvalue weighted by molar-refractivity contribution is 5.95. The Morgan fingerprint density at radius 3 is 2.68 bits per heavy atom. The minimum atomic E-state index is -0.225. The van der Waals surface area contributed by atoms with Gasteiger partial charge in [-0.3, -0.25) is 9.59 Å². The molecule has 0 spiro atoms. The van der Waals surface area contributed by atoms with Gasteiger partial charge in [0, 0.05) is 18.7 Å². The second kappa shape index (κ2) is 7.68. The predicted molar refractivity (Wildman–Crippen MR) is 84.8 cm³/mol. The van der Waals surface area contributed by atoms with Crippen LogP contribution >= 0.6 is 0 Å². The zero-order valence-electron chi connectivity index (χ0n) is 12.9. The summed E-state index contributed by atoms with van der Waals surface area (Å²) in [7, 11) is 1.55. The molecule has 0 aliphatic heterocycles. The Bertz CT molecular complexity index is 539. The van der Waals surface area contributed by atoms with Gasteiger partial charge in [-0.2, -0.15) is 0 Å². The summed E-state index contributed by atoms with van der Waals surface area (Å²) in [6, 6.07) is 5.00. The van der Waals surface area contributed by atoms with Gasteiger partial charge in [-0.15, -0.1) is 0 Å². The van der Waals surface area contributed by atoms with Crippen molar-refractivity contribution in [2.75, 3.05) is 19.4 Å². The molecule has 0 bridgehead atoms. The molecule has 1 fully saturated rings. The molecular formula is C16H23N3O3. The number of rotatable bonds is 5. The van der Waals surface area contributed by atoms with E-state index in [0.29, 0.717) is 17.0 Å². The molecule has 120 valence electrons. The van der Waals surface area contributed by atoms with Gasteiger partial charge >= 0.3 is 0 Å². The van der Waals surface area contributed by atoms with E-state index in [-0.39, 0.29) is 24.5 Å². The van der Waals surface area contributed by atoms with Crippen LogP contribution in [0.4, 0.5) is 5.69 Å². The van der Waals surface area contributed by atoms with Crippen molar-refractivity contribution in [2.24, 2.45) is 0 Å². The van der Waals surface area contributed by atoms with Gasteiger partial charge in [0.15, 0.2) is 6.61 Å². The van der Waals surface area contributed by atoms with Gasteiger partial charge < -0.3 is 21.1 Å². The van der Waals surface area contributed by atoms with E-state index >= 15 is 0 Å². The number of benzene rings is 1. The third-order valence-electron chi connectivity index (χ3n) is 3.83. The van der Waals surface area contributed by atoms with Crippen molar-refractivity contribution in [3.05, 3.63) is 23.8 Å². The highest BCUT2D eigenvalue weighted by atomic mass is 16.5. The number of hydrogen-bond acceptors (Lipinski definition) is 4. The van der Waals surface area contributed by atoms with Crippen LogP contribution in [0, 0.1) is 0 Å². The van der Waals surface area contributed by atoms with E-state index in [9.17, 15) is 9.59 Å². The lowest BCUT2D eigenvalue weighted by molar-refractivity contribution is -0.124. The second-order valence-electron chi connectivity index (χ2n) is 5.52. The molecule has 22 heavy (non-hydrogen) atoms. The summed E-state index contributed by atoms with van der Waals surface area (Å²) in [5.74, 6) is -0.0342. The first kappa shape index (κ1) is 16.1. The molecule has 2 rings (SSSR count). The van der Waals surface area contributed by atoms with Crippen LogP contribution in [0.1, 0.15) is 42.5 Å². The van der Waals surface area contributed by atoms with Crippen molar-refractivity contribution in [3.63, 3.8) is 0 Å². The summed E-state index contributed by atoms with van der Waals surface area (Å²) >= 11 is 0. The van der Waals surface area contributed by atoms with Gasteiger partial charge in [0.25, 0.3) is 11.8 Å². The van der Waals surface area contributed by atoms with Gasteiger partial charge in [-0.25, -0.2) is 0 Å². The van der Waals surface area contributed by atoms with E-state index in [1.165, 1.54) is 6.42 Å². The number of carbonyl (C=O) groups is 2. The number of anilines is 1. The first-order valence-corrected chi connectivity index (χ1v) is 7.64. The first-order valence-electron chi connectivity index (χ1n) is 7.64. The van der Waals surface area contributed by atoms with Gasteiger partial charge in [-0.1, -0.05) is 19.3 Å². The zero-order valence-corrected chi connectivity index (χ0v) is 12.9. The topological polar surface area (TPSA) is 93.5 Å². The smallest absolute Gasteiger partial charge is 0.258 e. The number of ether oxygens (including phenoxy) is 1. The highest BCUT2D eigenvalue weighted by Crippen LogP contribution is 2.23. The quantitative estimate of drug-likeness (QED) is 0.718. The summed E-state index contributed by atoms with van der Waals surface area (Å²) in [6.07, 6.45) is 5.62. The molecule has 0 radical (unpaired) electrons. The Hall–Kier alpha value is -2.24. The fourth-order valence-electron chi connectivity index (χ4n) is 2.60. The van der Waals surface area contributed by atoms with Crippen molar-refractivity contribution >= 4 is 17.5 Å². The number of carbonyl (C=O) groups excluding carboxylic acids is 2. The van der Waals surface area contributed by atoms with Crippen LogP contribution in [-0.2, 0) is 4.79 Å². The zero-order chi connectivity index (χ0) is 15.9. The van der Waals surface area contributed by atoms with Gasteiger partial charge in [-0.05, 0) is 31.0 Å².